The monoisotopic (exact) mass is 349 g/mol. The first-order chi connectivity index (χ1) is 10.2. The fourth-order valence-corrected chi connectivity index (χ4v) is 2.32. The number of benzene rings is 1. The molecule has 0 radical (unpaired) electrons. The van der Waals surface area contributed by atoms with Gasteiger partial charge in [0, 0.05) is 28.0 Å². The molecule has 0 aliphatic rings. The lowest BCUT2D eigenvalue weighted by molar-refractivity contribution is 0.0432. The lowest BCUT2D eigenvalue weighted by atomic mass is 10.2. The maximum atomic E-state index is 12.1. The molecule has 7 heteroatoms. The third kappa shape index (κ3) is 2.82. The molecule has 21 heavy (non-hydrogen) atoms. The van der Waals surface area contributed by atoms with Crippen LogP contribution in [0.4, 0.5) is 0 Å². The molecule has 1 aromatic carbocycles. The van der Waals surface area contributed by atoms with Gasteiger partial charge < -0.3 is 14.2 Å². The number of aryl methyl sites for hydroxylation is 1. The van der Waals surface area contributed by atoms with Gasteiger partial charge in [0.1, 0.15) is 0 Å². The van der Waals surface area contributed by atoms with Crippen molar-refractivity contribution in [3.8, 4) is 0 Å². The number of fused-ring (bicyclic) bond motifs is 1. The van der Waals surface area contributed by atoms with Crippen molar-refractivity contribution in [1.29, 1.82) is 0 Å². The molecule has 0 aliphatic carbocycles. The number of nitrogens with zero attached hydrogens (tertiary/aromatic N) is 2. The first-order valence-corrected chi connectivity index (χ1v) is 7.22. The second-order valence-corrected chi connectivity index (χ2v) is 5.34. The number of nitrogens with one attached hydrogen (secondary N) is 1. The van der Waals surface area contributed by atoms with E-state index in [2.05, 4.69) is 31.1 Å². The minimum Gasteiger partial charge on any atom is -0.452 e. The topological polar surface area (TPSA) is 81.0 Å². The number of rotatable bonds is 4. The van der Waals surface area contributed by atoms with E-state index in [1.807, 2.05) is 25.1 Å². The Morgan fingerprint density at radius 3 is 3.10 bits per heavy atom. The van der Waals surface area contributed by atoms with E-state index >= 15 is 0 Å². The summed E-state index contributed by atoms with van der Waals surface area (Å²) >= 11 is 3.39. The van der Waals surface area contributed by atoms with Gasteiger partial charge in [-0.2, -0.15) is 4.98 Å². The first-order valence-electron chi connectivity index (χ1n) is 6.42. The zero-order chi connectivity index (χ0) is 14.8. The van der Waals surface area contributed by atoms with Gasteiger partial charge in [0.25, 0.3) is 5.89 Å². The van der Waals surface area contributed by atoms with Crippen molar-refractivity contribution in [2.24, 2.45) is 0 Å². The number of hydrogen-bond donors (Lipinski definition) is 1. The zero-order valence-electron chi connectivity index (χ0n) is 11.2. The predicted molar refractivity (Wildman–Crippen MR) is 78.8 cm³/mol. The van der Waals surface area contributed by atoms with E-state index in [1.54, 1.807) is 6.20 Å². The molecule has 2 aromatic heterocycles. The summed E-state index contributed by atoms with van der Waals surface area (Å²) in [5.74, 6) is 0.453. The Bertz CT molecular complexity index is 794. The van der Waals surface area contributed by atoms with Gasteiger partial charge in [-0.1, -0.05) is 28.0 Å². The molecule has 0 bridgehead atoms. The first kappa shape index (κ1) is 13.8. The molecule has 3 aromatic rings. The van der Waals surface area contributed by atoms with Gasteiger partial charge in [0.2, 0.25) is 0 Å². The molecule has 1 N–H and O–H groups in total. The van der Waals surface area contributed by atoms with Crippen molar-refractivity contribution in [3.63, 3.8) is 0 Å². The van der Waals surface area contributed by atoms with Crippen LogP contribution in [0.5, 0.6) is 0 Å². The van der Waals surface area contributed by atoms with Gasteiger partial charge in [0.15, 0.2) is 12.4 Å². The van der Waals surface area contributed by atoms with Crippen LogP contribution >= 0.6 is 15.9 Å². The maximum Gasteiger partial charge on any atom is 0.340 e. The number of hydrogen-bond acceptors (Lipinski definition) is 5. The average molecular weight is 350 g/mol. The Kier molecular flexibility index (Phi) is 3.74. The number of esters is 1. The minimum absolute atomic E-state index is 0.0352. The van der Waals surface area contributed by atoms with E-state index in [-0.39, 0.29) is 6.61 Å². The molecule has 0 unspecified atom stereocenters. The Labute approximate surface area is 128 Å². The van der Waals surface area contributed by atoms with Crippen molar-refractivity contribution >= 4 is 32.8 Å². The van der Waals surface area contributed by atoms with Crippen molar-refractivity contribution in [2.75, 3.05) is 0 Å². The van der Waals surface area contributed by atoms with E-state index in [4.69, 9.17) is 9.26 Å². The SMILES string of the molecule is CCc1noc(COC(=O)c2c[nH]c3ccc(Br)cc23)n1. The van der Waals surface area contributed by atoms with Gasteiger partial charge >= 0.3 is 5.97 Å². The fourth-order valence-electron chi connectivity index (χ4n) is 1.96. The van der Waals surface area contributed by atoms with E-state index in [0.29, 0.717) is 23.7 Å². The van der Waals surface area contributed by atoms with Crippen LogP contribution in [0.2, 0.25) is 0 Å². The Balaban J connectivity index is 1.76. The van der Waals surface area contributed by atoms with Crippen molar-refractivity contribution < 1.29 is 14.1 Å². The van der Waals surface area contributed by atoms with Crippen LogP contribution in [0.1, 0.15) is 29.0 Å². The highest BCUT2D eigenvalue weighted by molar-refractivity contribution is 9.10. The number of carbonyl (C=O) groups is 1. The summed E-state index contributed by atoms with van der Waals surface area (Å²) in [5.41, 5.74) is 1.35. The lowest BCUT2D eigenvalue weighted by Crippen LogP contribution is -2.04. The number of H-pyrrole nitrogens is 1. The largest absolute Gasteiger partial charge is 0.452 e. The Hall–Kier alpha value is -2.15. The molecule has 0 spiro atoms. The summed E-state index contributed by atoms with van der Waals surface area (Å²) in [6, 6.07) is 5.66. The van der Waals surface area contributed by atoms with Crippen LogP contribution in [0, 0.1) is 0 Å². The fraction of sp³-hybridized carbons (Fsp3) is 0.214. The third-order valence-corrected chi connectivity index (χ3v) is 3.51. The summed E-state index contributed by atoms with van der Waals surface area (Å²) in [7, 11) is 0. The summed E-state index contributed by atoms with van der Waals surface area (Å²) in [6.07, 6.45) is 2.30. The van der Waals surface area contributed by atoms with Crippen LogP contribution in [-0.2, 0) is 17.8 Å². The summed E-state index contributed by atoms with van der Waals surface area (Å²) in [4.78, 5) is 19.3. The normalized spacial score (nSPS) is 11.0. The number of ether oxygens (including phenoxy) is 1. The van der Waals surface area contributed by atoms with E-state index in [9.17, 15) is 4.79 Å². The molecule has 108 valence electrons. The second-order valence-electron chi connectivity index (χ2n) is 4.43. The highest BCUT2D eigenvalue weighted by Crippen LogP contribution is 2.23. The maximum absolute atomic E-state index is 12.1. The molecule has 3 rings (SSSR count). The molecular formula is C14H12BrN3O3. The molecule has 6 nitrogen and oxygen atoms in total. The minimum atomic E-state index is -0.435. The molecular weight excluding hydrogens is 338 g/mol. The van der Waals surface area contributed by atoms with Crippen molar-refractivity contribution in [3.05, 3.63) is 46.1 Å². The highest BCUT2D eigenvalue weighted by atomic mass is 79.9. The highest BCUT2D eigenvalue weighted by Gasteiger charge is 2.15. The molecule has 0 saturated carbocycles. The Morgan fingerprint density at radius 2 is 2.33 bits per heavy atom. The van der Waals surface area contributed by atoms with Gasteiger partial charge in [-0.05, 0) is 18.2 Å². The van der Waals surface area contributed by atoms with Gasteiger partial charge in [-0.25, -0.2) is 4.79 Å². The van der Waals surface area contributed by atoms with Crippen molar-refractivity contribution in [2.45, 2.75) is 20.0 Å². The van der Waals surface area contributed by atoms with Crippen LogP contribution < -0.4 is 0 Å². The quantitative estimate of drug-likeness (QED) is 0.731. The van der Waals surface area contributed by atoms with E-state index in [1.165, 1.54) is 0 Å². The molecule has 0 atom stereocenters. The van der Waals surface area contributed by atoms with Crippen molar-refractivity contribution in [1.82, 2.24) is 15.1 Å². The standard InChI is InChI=1S/C14H12BrN3O3/c1-2-12-17-13(21-18-12)7-20-14(19)10-6-16-11-4-3-8(15)5-9(10)11/h3-6,16H,2,7H2,1H3. The number of aromatic amines is 1. The van der Waals surface area contributed by atoms with Crippen LogP contribution in [0.25, 0.3) is 10.9 Å². The lowest BCUT2D eigenvalue weighted by Gasteiger charge is -2.00. The smallest absolute Gasteiger partial charge is 0.340 e. The van der Waals surface area contributed by atoms with Gasteiger partial charge in [0.05, 0.1) is 5.56 Å². The number of aromatic nitrogens is 3. The Morgan fingerprint density at radius 1 is 1.48 bits per heavy atom. The van der Waals surface area contributed by atoms with Crippen LogP contribution in [-0.4, -0.2) is 21.1 Å². The van der Waals surface area contributed by atoms with Gasteiger partial charge in [-0.15, -0.1) is 0 Å². The zero-order valence-corrected chi connectivity index (χ0v) is 12.8. The molecule has 0 saturated heterocycles. The number of halogens is 1. The molecule has 2 heterocycles. The molecule has 0 amide bonds. The molecule has 0 aliphatic heterocycles. The average Bonchev–Trinajstić information content (AvgIpc) is 3.10. The van der Waals surface area contributed by atoms with Crippen LogP contribution in [0.15, 0.2) is 33.4 Å². The summed E-state index contributed by atoms with van der Waals surface area (Å²) in [6.45, 7) is 1.89. The van der Waals surface area contributed by atoms with E-state index < -0.39 is 5.97 Å². The second kappa shape index (κ2) is 5.69. The van der Waals surface area contributed by atoms with E-state index in [0.717, 1.165) is 15.4 Å². The van der Waals surface area contributed by atoms with Gasteiger partial charge in [-0.3, -0.25) is 0 Å². The van der Waals surface area contributed by atoms with Crippen LogP contribution in [0.3, 0.4) is 0 Å². The molecule has 0 fully saturated rings. The summed E-state index contributed by atoms with van der Waals surface area (Å²) < 4.78 is 11.1. The predicted octanol–water partition coefficient (Wildman–Crippen LogP) is 3.23. The number of carbonyl (C=O) groups excluding carboxylic acids is 1. The third-order valence-electron chi connectivity index (χ3n) is 3.02. The summed E-state index contributed by atoms with van der Waals surface area (Å²) in [5, 5.41) is 4.55.